The van der Waals surface area contributed by atoms with Crippen molar-refractivity contribution in [3.05, 3.63) is 64.4 Å². The van der Waals surface area contributed by atoms with Crippen LogP contribution in [0.2, 0.25) is 0 Å². The summed E-state index contributed by atoms with van der Waals surface area (Å²) in [5.41, 5.74) is 1.90. The number of alkyl halides is 3. The highest BCUT2D eigenvalue weighted by atomic mass is 19.4. The third kappa shape index (κ3) is 5.08. The van der Waals surface area contributed by atoms with Crippen LogP contribution in [-0.2, 0) is 22.1 Å². The van der Waals surface area contributed by atoms with Crippen LogP contribution in [0.1, 0.15) is 52.5 Å². The number of carbonyl (C=O) groups excluding carboxylic acids is 2. The summed E-state index contributed by atoms with van der Waals surface area (Å²) in [6.07, 6.45) is -1.10. The Balaban J connectivity index is 1.46. The van der Waals surface area contributed by atoms with Gasteiger partial charge in [0.15, 0.2) is 0 Å². The molecule has 1 aromatic heterocycles. The molecule has 6 nitrogen and oxygen atoms in total. The van der Waals surface area contributed by atoms with Crippen molar-refractivity contribution in [3.63, 3.8) is 0 Å². The van der Waals surface area contributed by atoms with Crippen LogP contribution in [0.5, 0.6) is 0 Å². The summed E-state index contributed by atoms with van der Waals surface area (Å²) in [6, 6.07) is 6.82. The fraction of sp³-hybridized carbons (Fsp3) is 0.400. The molecule has 1 aromatic carbocycles. The van der Waals surface area contributed by atoms with Crippen LogP contribution in [0.25, 0.3) is 6.08 Å². The highest BCUT2D eigenvalue weighted by Gasteiger charge is 2.31. The molecule has 0 aliphatic carbocycles. The van der Waals surface area contributed by atoms with E-state index in [-0.39, 0.29) is 17.8 Å². The number of ether oxygens (including phenoxy) is 1. The molecule has 1 saturated heterocycles. The molecule has 3 heterocycles. The van der Waals surface area contributed by atoms with E-state index in [0.717, 1.165) is 23.4 Å². The van der Waals surface area contributed by atoms with Crippen LogP contribution in [0, 0.1) is 0 Å². The van der Waals surface area contributed by atoms with E-state index in [4.69, 9.17) is 9.72 Å². The molecule has 0 bridgehead atoms. The third-order valence-corrected chi connectivity index (χ3v) is 6.03. The van der Waals surface area contributed by atoms with Crippen LogP contribution >= 0.6 is 0 Å². The number of benzene rings is 1. The van der Waals surface area contributed by atoms with Gasteiger partial charge in [0.1, 0.15) is 11.4 Å². The van der Waals surface area contributed by atoms with Crippen molar-refractivity contribution >= 4 is 23.8 Å². The quantitative estimate of drug-likeness (QED) is 0.490. The molecule has 2 aromatic rings. The summed E-state index contributed by atoms with van der Waals surface area (Å²) < 4.78 is 43.9. The number of cyclic esters (lactones) is 1. The second-order valence-electron chi connectivity index (χ2n) is 8.71. The predicted molar refractivity (Wildman–Crippen MR) is 122 cm³/mol. The van der Waals surface area contributed by atoms with E-state index in [1.165, 1.54) is 24.3 Å². The zero-order valence-electron chi connectivity index (χ0n) is 19.1. The lowest BCUT2D eigenvalue weighted by molar-refractivity contribution is -0.137. The molecule has 0 radical (unpaired) electrons. The number of fused-ring (bicyclic) bond motifs is 1. The molecule has 0 spiro atoms. The Labute approximate surface area is 196 Å². The van der Waals surface area contributed by atoms with Gasteiger partial charge in [-0.15, -0.1) is 0 Å². The molecule has 1 fully saturated rings. The second kappa shape index (κ2) is 9.48. The van der Waals surface area contributed by atoms with Crippen molar-refractivity contribution in [3.8, 4) is 0 Å². The maximum absolute atomic E-state index is 12.9. The molecule has 0 N–H and O–H groups in total. The lowest BCUT2D eigenvalue weighted by Gasteiger charge is -2.36. The van der Waals surface area contributed by atoms with Crippen molar-refractivity contribution in [2.24, 2.45) is 0 Å². The van der Waals surface area contributed by atoms with Gasteiger partial charge in [0.25, 0.3) is 0 Å². The van der Waals surface area contributed by atoms with Crippen LogP contribution in [0.3, 0.4) is 0 Å². The van der Waals surface area contributed by atoms with Crippen molar-refractivity contribution in [1.29, 1.82) is 0 Å². The smallest absolute Gasteiger partial charge is 0.416 e. The van der Waals surface area contributed by atoms with Crippen LogP contribution in [-0.4, -0.2) is 54.5 Å². The molecule has 0 saturated carbocycles. The Kier molecular flexibility index (Phi) is 6.63. The summed E-state index contributed by atoms with van der Waals surface area (Å²) >= 11 is 0. The van der Waals surface area contributed by atoms with E-state index in [0.29, 0.717) is 56.2 Å². The minimum atomic E-state index is -4.43. The summed E-state index contributed by atoms with van der Waals surface area (Å²) in [6.45, 7) is 6.23. The van der Waals surface area contributed by atoms with Crippen molar-refractivity contribution in [2.75, 3.05) is 37.7 Å². The number of anilines is 1. The van der Waals surface area contributed by atoms with Crippen LogP contribution < -0.4 is 4.90 Å². The van der Waals surface area contributed by atoms with E-state index in [9.17, 15) is 22.8 Å². The zero-order chi connectivity index (χ0) is 24.5. The van der Waals surface area contributed by atoms with Gasteiger partial charge in [0.05, 0.1) is 12.2 Å². The molecule has 34 heavy (non-hydrogen) atoms. The highest BCUT2D eigenvalue weighted by molar-refractivity contribution is 5.97. The standard InChI is InChI=1S/C25H26F3N3O3/c1-16(2)20-15-18-8-13-34-24(33)22(18)23(29-20)31-11-9-30(10-12-31)21(32)7-6-17-4-3-5-19(14-17)25(26,27)28/h3-7,14-16H,8-13H2,1-2H3. The van der Waals surface area contributed by atoms with Gasteiger partial charge in [-0.1, -0.05) is 26.0 Å². The number of rotatable bonds is 4. The maximum atomic E-state index is 12.9. The predicted octanol–water partition coefficient (Wildman–Crippen LogP) is 4.30. The van der Waals surface area contributed by atoms with Gasteiger partial charge in [0.2, 0.25) is 5.91 Å². The van der Waals surface area contributed by atoms with Gasteiger partial charge in [-0.2, -0.15) is 13.2 Å². The summed E-state index contributed by atoms with van der Waals surface area (Å²) in [5.74, 6) is 0.146. The Morgan fingerprint density at radius 1 is 1.15 bits per heavy atom. The van der Waals surface area contributed by atoms with Crippen molar-refractivity contribution in [1.82, 2.24) is 9.88 Å². The van der Waals surface area contributed by atoms with Gasteiger partial charge in [-0.05, 0) is 41.3 Å². The first-order chi connectivity index (χ1) is 16.1. The van der Waals surface area contributed by atoms with Crippen LogP contribution in [0.4, 0.5) is 19.0 Å². The van der Waals surface area contributed by atoms with E-state index >= 15 is 0 Å². The van der Waals surface area contributed by atoms with E-state index in [1.807, 2.05) is 24.8 Å². The molecule has 2 aliphatic heterocycles. The molecule has 2 aliphatic rings. The Morgan fingerprint density at radius 3 is 2.56 bits per heavy atom. The second-order valence-corrected chi connectivity index (χ2v) is 8.71. The number of piperazine rings is 1. The normalized spacial score (nSPS) is 16.7. The fourth-order valence-electron chi connectivity index (χ4n) is 4.10. The number of hydrogen-bond donors (Lipinski definition) is 0. The maximum Gasteiger partial charge on any atom is 0.416 e. The summed E-state index contributed by atoms with van der Waals surface area (Å²) in [4.78, 5) is 33.5. The number of carbonyl (C=O) groups is 2. The number of amides is 1. The first-order valence-electron chi connectivity index (χ1n) is 11.2. The molecule has 0 atom stereocenters. The Hall–Kier alpha value is -3.36. The number of halogens is 3. The molecule has 1 amide bonds. The average Bonchev–Trinajstić information content (AvgIpc) is 2.81. The highest BCUT2D eigenvalue weighted by Crippen LogP contribution is 2.31. The third-order valence-electron chi connectivity index (χ3n) is 6.03. The number of pyridine rings is 1. The monoisotopic (exact) mass is 473 g/mol. The molecular weight excluding hydrogens is 447 g/mol. The van der Waals surface area contributed by atoms with Gasteiger partial charge >= 0.3 is 12.1 Å². The largest absolute Gasteiger partial charge is 0.462 e. The number of hydrogen-bond acceptors (Lipinski definition) is 5. The summed E-state index contributed by atoms with van der Waals surface area (Å²) in [5, 5.41) is 0. The SMILES string of the molecule is CC(C)c1cc2c(c(N3CCN(C(=O)C=Cc4cccc(C(F)(F)F)c4)CC3)n1)C(=O)OCC2. The number of nitrogens with zero attached hydrogens (tertiary/aromatic N) is 3. The van der Waals surface area contributed by atoms with E-state index < -0.39 is 11.7 Å². The van der Waals surface area contributed by atoms with Crippen molar-refractivity contribution < 1.29 is 27.5 Å². The molecular formula is C25H26F3N3O3. The molecule has 4 rings (SSSR count). The lowest BCUT2D eigenvalue weighted by atomic mass is 9.98. The van der Waals surface area contributed by atoms with Gasteiger partial charge in [0, 0.05) is 44.4 Å². The summed E-state index contributed by atoms with van der Waals surface area (Å²) in [7, 11) is 0. The minimum Gasteiger partial charge on any atom is -0.462 e. The van der Waals surface area contributed by atoms with Gasteiger partial charge in [-0.25, -0.2) is 9.78 Å². The Morgan fingerprint density at radius 2 is 1.88 bits per heavy atom. The molecule has 9 heteroatoms. The zero-order valence-corrected chi connectivity index (χ0v) is 19.1. The first kappa shape index (κ1) is 23.8. The minimum absolute atomic E-state index is 0.200. The van der Waals surface area contributed by atoms with Crippen LogP contribution in [0.15, 0.2) is 36.4 Å². The topological polar surface area (TPSA) is 62.7 Å². The Bertz CT molecular complexity index is 1120. The molecule has 180 valence electrons. The van der Waals surface area contributed by atoms with Gasteiger partial charge < -0.3 is 14.5 Å². The van der Waals surface area contributed by atoms with E-state index in [1.54, 1.807) is 4.90 Å². The van der Waals surface area contributed by atoms with E-state index in [2.05, 4.69) is 0 Å². The fourth-order valence-corrected chi connectivity index (χ4v) is 4.10. The number of esters is 1. The first-order valence-corrected chi connectivity index (χ1v) is 11.2. The van der Waals surface area contributed by atoms with Crippen molar-refractivity contribution in [2.45, 2.75) is 32.4 Å². The lowest BCUT2D eigenvalue weighted by Crippen LogP contribution is -2.49. The number of aromatic nitrogens is 1. The van der Waals surface area contributed by atoms with Gasteiger partial charge in [-0.3, -0.25) is 4.79 Å². The molecule has 0 unspecified atom stereocenters. The average molecular weight is 473 g/mol.